The lowest BCUT2D eigenvalue weighted by molar-refractivity contribution is -0.254. The average Bonchev–Trinajstić information content (AvgIpc) is 2.61. The number of ether oxygens (including phenoxy) is 3. The Hall–Kier alpha value is -0.730. The topological polar surface area (TPSA) is 111 Å². The Kier molecular flexibility index (Phi) is 11.2. The van der Waals surface area contributed by atoms with Gasteiger partial charge in [0.25, 0.3) is 0 Å². The minimum Gasteiger partial charge on any atom is -0.464 e. The lowest BCUT2D eigenvalue weighted by atomic mass is 9.97. The molecular weight excluding hydrogens is 326 g/mol. The van der Waals surface area contributed by atoms with E-state index in [4.69, 9.17) is 19.9 Å². The highest BCUT2D eigenvalue weighted by molar-refractivity contribution is 5.75. The lowest BCUT2D eigenvalue weighted by Crippen LogP contribution is -2.63. The van der Waals surface area contributed by atoms with Crippen LogP contribution in [0.25, 0.3) is 0 Å². The van der Waals surface area contributed by atoms with E-state index in [1.807, 2.05) is 0 Å². The van der Waals surface area contributed by atoms with Gasteiger partial charge in [0.2, 0.25) is 0 Å². The van der Waals surface area contributed by atoms with E-state index in [1.165, 1.54) is 45.6 Å². The summed E-state index contributed by atoms with van der Waals surface area (Å²) >= 11 is 0. The molecule has 0 spiro atoms. The smallest absolute Gasteiger partial charge is 0.338 e. The predicted octanol–water partition coefficient (Wildman–Crippen LogP) is 1.48. The normalized spacial score (nSPS) is 29.6. The first kappa shape index (κ1) is 22.3. The summed E-state index contributed by atoms with van der Waals surface area (Å²) in [5.74, 6) is -0.694. The van der Waals surface area contributed by atoms with E-state index < -0.39 is 36.6 Å². The monoisotopic (exact) mass is 361 g/mol. The van der Waals surface area contributed by atoms with Gasteiger partial charge in [0.15, 0.2) is 12.4 Å². The second-order valence-corrected chi connectivity index (χ2v) is 6.72. The maximum absolute atomic E-state index is 12.0. The van der Waals surface area contributed by atoms with Crippen molar-refractivity contribution in [3.8, 4) is 0 Å². The van der Waals surface area contributed by atoms with Crippen molar-refractivity contribution in [3.63, 3.8) is 0 Å². The highest BCUT2D eigenvalue weighted by Crippen LogP contribution is 2.21. The first-order valence-electron chi connectivity index (χ1n) is 9.49. The molecule has 1 aliphatic rings. The molecule has 0 saturated carbocycles. The van der Waals surface area contributed by atoms with Crippen LogP contribution in [0, 0.1) is 0 Å². The standard InChI is InChI=1S/C18H35NO6/c1-3-4-5-6-7-8-9-10-11-12-24-17(22)16-15(21)14(20)13(19)18(23-2)25-16/h13-16,18,20-21H,3-12,19H2,1-2H3/t13-,14-,15+,16+,18-/m1/s1. The Morgan fingerprint density at radius 2 is 1.56 bits per heavy atom. The first-order valence-corrected chi connectivity index (χ1v) is 9.49. The zero-order valence-corrected chi connectivity index (χ0v) is 15.6. The number of esters is 1. The van der Waals surface area contributed by atoms with Gasteiger partial charge in [-0.1, -0.05) is 58.3 Å². The number of aliphatic hydroxyl groups excluding tert-OH is 2. The summed E-state index contributed by atoms with van der Waals surface area (Å²) in [7, 11) is 1.36. The van der Waals surface area contributed by atoms with Gasteiger partial charge in [-0.05, 0) is 6.42 Å². The van der Waals surface area contributed by atoms with Gasteiger partial charge in [0, 0.05) is 7.11 Å². The Labute approximate surface area is 150 Å². The third kappa shape index (κ3) is 7.58. The van der Waals surface area contributed by atoms with E-state index in [0.29, 0.717) is 0 Å². The van der Waals surface area contributed by atoms with Crippen LogP contribution in [0.1, 0.15) is 64.7 Å². The molecule has 7 heteroatoms. The molecule has 0 unspecified atom stereocenters. The summed E-state index contributed by atoms with van der Waals surface area (Å²) in [6.45, 7) is 2.49. The van der Waals surface area contributed by atoms with Crippen molar-refractivity contribution in [2.75, 3.05) is 13.7 Å². The fourth-order valence-electron chi connectivity index (χ4n) is 2.96. The van der Waals surface area contributed by atoms with Gasteiger partial charge < -0.3 is 30.2 Å². The third-order valence-electron chi connectivity index (χ3n) is 4.61. The number of rotatable bonds is 12. The van der Waals surface area contributed by atoms with Crippen LogP contribution in [-0.4, -0.2) is 60.5 Å². The van der Waals surface area contributed by atoms with Crippen LogP contribution >= 0.6 is 0 Å². The molecule has 148 valence electrons. The average molecular weight is 361 g/mol. The molecule has 5 atom stereocenters. The van der Waals surface area contributed by atoms with Crippen molar-refractivity contribution in [1.29, 1.82) is 0 Å². The van der Waals surface area contributed by atoms with E-state index in [-0.39, 0.29) is 6.61 Å². The molecule has 0 bridgehead atoms. The van der Waals surface area contributed by atoms with Crippen LogP contribution in [-0.2, 0) is 19.0 Å². The molecule has 1 saturated heterocycles. The van der Waals surface area contributed by atoms with Crippen LogP contribution in [0.5, 0.6) is 0 Å². The molecule has 4 N–H and O–H groups in total. The van der Waals surface area contributed by atoms with Gasteiger partial charge in [-0.3, -0.25) is 0 Å². The van der Waals surface area contributed by atoms with Gasteiger partial charge in [-0.2, -0.15) is 0 Å². The predicted molar refractivity (Wildman–Crippen MR) is 93.8 cm³/mol. The van der Waals surface area contributed by atoms with Crippen molar-refractivity contribution in [2.24, 2.45) is 5.73 Å². The molecule has 25 heavy (non-hydrogen) atoms. The second-order valence-electron chi connectivity index (χ2n) is 6.72. The van der Waals surface area contributed by atoms with Crippen molar-refractivity contribution in [2.45, 2.75) is 95.4 Å². The molecule has 7 nitrogen and oxygen atoms in total. The highest BCUT2D eigenvalue weighted by Gasteiger charge is 2.46. The Morgan fingerprint density at radius 3 is 2.12 bits per heavy atom. The third-order valence-corrected chi connectivity index (χ3v) is 4.61. The van der Waals surface area contributed by atoms with Crippen molar-refractivity contribution in [1.82, 2.24) is 0 Å². The summed E-state index contributed by atoms with van der Waals surface area (Å²) in [6, 6.07) is -0.915. The van der Waals surface area contributed by atoms with Gasteiger partial charge in [-0.25, -0.2) is 4.79 Å². The number of carbonyl (C=O) groups excluding carboxylic acids is 1. The lowest BCUT2D eigenvalue weighted by Gasteiger charge is -2.39. The van der Waals surface area contributed by atoms with Gasteiger partial charge in [0.05, 0.1) is 12.6 Å². The quantitative estimate of drug-likeness (QED) is 0.356. The Morgan fingerprint density at radius 1 is 1.00 bits per heavy atom. The van der Waals surface area contributed by atoms with Gasteiger partial charge in [0.1, 0.15) is 12.2 Å². The zero-order chi connectivity index (χ0) is 18.7. The van der Waals surface area contributed by atoms with E-state index in [9.17, 15) is 15.0 Å². The van der Waals surface area contributed by atoms with E-state index in [1.54, 1.807) is 0 Å². The van der Waals surface area contributed by atoms with Gasteiger partial charge in [-0.15, -0.1) is 0 Å². The molecule has 0 radical (unpaired) electrons. The minimum atomic E-state index is -1.42. The maximum atomic E-state index is 12.0. The molecule has 0 amide bonds. The summed E-state index contributed by atoms with van der Waals surface area (Å²) in [6.07, 6.45) is 5.62. The molecule has 0 aromatic rings. The SMILES string of the molecule is CCCCCCCCCCCOC(=O)[C@H]1O[C@@H](OC)[C@H](N)[C@@H](O)[C@@H]1O. The molecule has 1 rings (SSSR count). The van der Waals surface area contributed by atoms with E-state index in [2.05, 4.69) is 6.92 Å². The summed E-state index contributed by atoms with van der Waals surface area (Å²) in [4.78, 5) is 12.0. The maximum Gasteiger partial charge on any atom is 0.338 e. The number of aliphatic hydroxyl groups is 2. The van der Waals surface area contributed by atoms with Crippen LogP contribution in [0.4, 0.5) is 0 Å². The molecule has 1 fully saturated rings. The Bertz CT molecular complexity index is 365. The molecule has 0 aromatic heterocycles. The van der Waals surface area contributed by atoms with Crippen molar-refractivity contribution >= 4 is 5.97 Å². The second kappa shape index (κ2) is 12.6. The molecular formula is C18H35NO6. The fraction of sp³-hybridized carbons (Fsp3) is 0.944. The molecule has 0 aliphatic carbocycles. The largest absolute Gasteiger partial charge is 0.464 e. The van der Waals surface area contributed by atoms with Crippen LogP contribution in [0.3, 0.4) is 0 Å². The molecule has 1 aliphatic heterocycles. The number of unbranched alkanes of at least 4 members (excludes halogenated alkanes) is 8. The fourth-order valence-corrected chi connectivity index (χ4v) is 2.96. The summed E-state index contributed by atoms with van der Waals surface area (Å²) < 4.78 is 15.4. The number of carbonyl (C=O) groups is 1. The van der Waals surface area contributed by atoms with E-state index in [0.717, 1.165) is 19.3 Å². The van der Waals surface area contributed by atoms with Crippen molar-refractivity contribution in [3.05, 3.63) is 0 Å². The minimum absolute atomic E-state index is 0.279. The number of hydrogen-bond donors (Lipinski definition) is 3. The van der Waals surface area contributed by atoms with Crippen LogP contribution < -0.4 is 5.73 Å². The Balaban J connectivity index is 2.15. The van der Waals surface area contributed by atoms with Gasteiger partial charge >= 0.3 is 5.97 Å². The molecule has 0 aromatic carbocycles. The molecule has 1 heterocycles. The summed E-state index contributed by atoms with van der Waals surface area (Å²) in [5.41, 5.74) is 5.68. The van der Waals surface area contributed by atoms with E-state index >= 15 is 0 Å². The number of hydrogen-bond acceptors (Lipinski definition) is 7. The number of methoxy groups -OCH3 is 1. The van der Waals surface area contributed by atoms with Crippen molar-refractivity contribution < 1.29 is 29.2 Å². The summed E-state index contributed by atoms with van der Waals surface area (Å²) in [5, 5.41) is 19.8. The highest BCUT2D eigenvalue weighted by atomic mass is 16.7. The van der Waals surface area contributed by atoms with Crippen LogP contribution in [0.2, 0.25) is 0 Å². The zero-order valence-electron chi connectivity index (χ0n) is 15.6. The van der Waals surface area contributed by atoms with Crippen LogP contribution in [0.15, 0.2) is 0 Å². The first-order chi connectivity index (χ1) is 12.0. The number of nitrogens with two attached hydrogens (primary N) is 1.